The van der Waals surface area contributed by atoms with Crippen molar-refractivity contribution < 1.29 is 19.4 Å². The van der Waals surface area contributed by atoms with E-state index in [0.29, 0.717) is 28.6 Å². The zero-order chi connectivity index (χ0) is 22.2. The van der Waals surface area contributed by atoms with Crippen LogP contribution in [0, 0.1) is 11.3 Å². The molecule has 0 aromatic heterocycles. The van der Waals surface area contributed by atoms with Gasteiger partial charge in [0.1, 0.15) is 24.0 Å². The molecule has 31 heavy (non-hydrogen) atoms. The predicted molar refractivity (Wildman–Crippen MR) is 118 cm³/mol. The largest absolute Gasteiger partial charge is 0.489 e. The van der Waals surface area contributed by atoms with Crippen LogP contribution in [0.2, 0.25) is 5.02 Å². The van der Waals surface area contributed by atoms with Crippen molar-refractivity contribution in [3.8, 4) is 11.8 Å². The molecule has 3 rings (SSSR count). The SMILES string of the molecule is N#C/C(=C\c1ccc(OCc2ccccc2Cl)cc1)C(=O)Nc1ccc(C(=O)O)cc1. The van der Waals surface area contributed by atoms with Crippen molar-refractivity contribution in [2.45, 2.75) is 6.61 Å². The summed E-state index contributed by atoms with van der Waals surface area (Å²) in [5.74, 6) is -1.03. The van der Waals surface area contributed by atoms with Crippen molar-refractivity contribution in [1.82, 2.24) is 0 Å². The van der Waals surface area contributed by atoms with E-state index < -0.39 is 11.9 Å². The molecule has 0 unspecified atom stereocenters. The van der Waals surface area contributed by atoms with Crippen molar-refractivity contribution in [2.24, 2.45) is 0 Å². The summed E-state index contributed by atoms with van der Waals surface area (Å²) in [4.78, 5) is 23.3. The second kappa shape index (κ2) is 10.1. The van der Waals surface area contributed by atoms with Crippen LogP contribution in [0.5, 0.6) is 5.75 Å². The summed E-state index contributed by atoms with van der Waals surface area (Å²) in [6.45, 7) is 0.321. The lowest BCUT2D eigenvalue weighted by Gasteiger charge is -2.08. The van der Waals surface area contributed by atoms with Crippen LogP contribution in [-0.4, -0.2) is 17.0 Å². The maximum absolute atomic E-state index is 12.4. The van der Waals surface area contributed by atoms with Crippen LogP contribution >= 0.6 is 11.6 Å². The number of carbonyl (C=O) groups excluding carboxylic acids is 1. The van der Waals surface area contributed by atoms with E-state index in [2.05, 4.69) is 5.32 Å². The van der Waals surface area contributed by atoms with E-state index in [0.717, 1.165) is 5.56 Å². The van der Waals surface area contributed by atoms with Gasteiger partial charge in [-0.2, -0.15) is 5.26 Å². The minimum absolute atomic E-state index is 0.0907. The number of rotatable bonds is 7. The number of carbonyl (C=O) groups is 2. The van der Waals surface area contributed by atoms with Gasteiger partial charge in [-0.25, -0.2) is 4.79 Å². The summed E-state index contributed by atoms with van der Waals surface area (Å²) in [7, 11) is 0. The van der Waals surface area contributed by atoms with Crippen LogP contribution < -0.4 is 10.1 Å². The zero-order valence-electron chi connectivity index (χ0n) is 16.2. The average molecular weight is 433 g/mol. The van der Waals surface area contributed by atoms with Gasteiger partial charge in [-0.1, -0.05) is 41.9 Å². The molecule has 0 aliphatic rings. The van der Waals surface area contributed by atoms with Gasteiger partial charge in [0.25, 0.3) is 5.91 Å². The molecule has 0 heterocycles. The first-order chi connectivity index (χ1) is 15.0. The van der Waals surface area contributed by atoms with Gasteiger partial charge >= 0.3 is 5.97 Å². The Bertz CT molecular complexity index is 1160. The number of aromatic carboxylic acids is 1. The molecule has 6 nitrogen and oxygen atoms in total. The van der Waals surface area contributed by atoms with Gasteiger partial charge in [0.15, 0.2) is 0 Å². The number of hydrogen-bond donors (Lipinski definition) is 2. The summed E-state index contributed by atoms with van der Waals surface area (Å²) >= 11 is 6.12. The fourth-order valence-corrected chi connectivity index (χ4v) is 2.84. The Balaban J connectivity index is 1.64. The molecule has 154 valence electrons. The van der Waals surface area contributed by atoms with Crippen LogP contribution in [-0.2, 0) is 11.4 Å². The van der Waals surface area contributed by atoms with E-state index in [1.54, 1.807) is 30.3 Å². The summed E-state index contributed by atoms with van der Waals surface area (Å²) in [5, 5.41) is 21.5. The number of hydrogen-bond acceptors (Lipinski definition) is 4. The topological polar surface area (TPSA) is 99.4 Å². The molecule has 0 aliphatic carbocycles. The second-order valence-corrected chi connectivity index (χ2v) is 6.86. The van der Waals surface area contributed by atoms with Crippen molar-refractivity contribution >= 4 is 35.2 Å². The molecule has 0 fully saturated rings. The number of nitriles is 1. The van der Waals surface area contributed by atoms with E-state index in [4.69, 9.17) is 21.4 Å². The fourth-order valence-electron chi connectivity index (χ4n) is 2.65. The lowest BCUT2D eigenvalue weighted by atomic mass is 10.1. The van der Waals surface area contributed by atoms with Crippen LogP contribution in [0.1, 0.15) is 21.5 Å². The zero-order valence-corrected chi connectivity index (χ0v) is 17.0. The Morgan fingerprint density at radius 2 is 1.71 bits per heavy atom. The molecule has 1 amide bonds. The predicted octanol–water partition coefficient (Wildman–Crippen LogP) is 5.16. The van der Waals surface area contributed by atoms with Crippen LogP contribution in [0.3, 0.4) is 0 Å². The van der Waals surface area contributed by atoms with Gasteiger partial charge in [-0.15, -0.1) is 0 Å². The smallest absolute Gasteiger partial charge is 0.335 e. The molecule has 3 aromatic rings. The number of halogens is 1. The molecule has 0 saturated carbocycles. The van der Waals surface area contributed by atoms with E-state index in [-0.39, 0.29) is 11.1 Å². The third-order valence-corrected chi connectivity index (χ3v) is 4.67. The molecule has 0 atom stereocenters. The van der Waals surface area contributed by atoms with Gasteiger partial charge in [0, 0.05) is 16.3 Å². The number of nitrogens with one attached hydrogen (secondary N) is 1. The molecular weight excluding hydrogens is 416 g/mol. The van der Waals surface area contributed by atoms with Crippen LogP contribution in [0.4, 0.5) is 5.69 Å². The molecule has 0 aliphatic heterocycles. The summed E-state index contributed by atoms with van der Waals surface area (Å²) in [6.07, 6.45) is 1.46. The molecule has 0 saturated heterocycles. The third-order valence-electron chi connectivity index (χ3n) is 4.30. The van der Waals surface area contributed by atoms with Gasteiger partial charge in [-0.3, -0.25) is 4.79 Å². The summed E-state index contributed by atoms with van der Waals surface area (Å²) in [6, 6.07) is 21.9. The Labute approximate surface area is 184 Å². The van der Waals surface area contributed by atoms with E-state index in [1.165, 1.54) is 30.3 Å². The number of amides is 1. The van der Waals surface area contributed by atoms with Crippen molar-refractivity contribution in [3.05, 3.63) is 100 Å². The molecule has 3 aromatic carbocycles. The number of carboxylic acid groups (broad SMARTS) is 1. The first-order valence-corrected chi connectivity index (χ1v) is 9.57. The van der Waals surface area contributed by atoms with Crippen molar-refractivity contribution in [2.75, 3.05) is 5.32 Å². The van der Waals surface area contributed by atoms with Crippen LogP contribution in [0.25, 0.3) is 6.08 Å². The highest BCUT2D eigenvalue weighted by molar-refractivity contribution is 6.31. The lowest BCUT2D eigenvalue weighted by Crippen LogP contribution is -2.13. The molecule has 2 N–H and O–H groups in total. The van der Waals surface area contributed by atoms with E-state index in [9.17, 15) is 14.9 Å². The monoisotopic (exact) mass is 432 g/mol. The van der Waals surface area contributed by atoms with E-state index in [1.807, 2.05) is 24.3 Å². The Morgan fingerprint density at radius 1 is 1.03 bits per heavy atom. The molecule has 0 spiro atoms. The minimum Gasteiger partial charge on any atom is -0.489 e. The highest BCUT2D eigenvalue weighted by Crippen LogP contribution is 2.20. The first kappa shape index (κ1) is 21.6. The molecule has 0 bridgehead atoms. The Morgan fingerprint density at radius 3 is 2.32 bits per heavy atom. The number of nitrogens with zero attached hydrogens (tertiary/aromatic N) is 1. The normalized spacial score (nSPS) is 10.8. The number of anilines is 1. The van der Waals surface area contributed by atoms with Crippen molar-refractivity contribution in [3.63, 3.8) is 0 Å². The number of carboxylic acids is 1. The van der Waals surface area contributed by atoms with Gasteiger partial charge in [0.2, 0.25) is 0 Å². The van der Waals surface area contributed by atoms with Crippen molar-refractivity contribution in [1.29, 1.82) is 5.26 Å². The lowest BCUT2D eigenvalue weighted by molar-refractivity contribution is -0.112. The number of ether oxygens (including phenoxy) is 1. The standard InChI is InChI=1S/C24H17ClN2O4/c25-22-4-2-1-3-18(22)15-31-21-11-5-16(6-12-21)13-19(14-26)23(28)27-20-9-7-17(8-10-20)24(29)30/h1-13H,15H2,(H,27,28)(H,29,30)/b19-13+. The Hall–Kier alpha value is -4.08. The van der Waals surface area contributed by atoms with Gasteiger partial charge in [-0.05, 0) is 54.1 Å². The first-order valence-electron chi connectivity index (χ1n) is 9.19. The maximum Gasteiger partial charge on any atom is 0.335 e. The fraction of sp³-hybridized carbons (Fsp3) is 0.0417. The van der Waals surface area contributed by atoms with Gasteiger partial charge < -0.3 is 15.2 Å². The van der Waals surface area contributed by atoms with Gasteiger partial charge in [0.05, 0.1) is 5.56 Å². The van der Waals surface area contributed by atoms with E-state index >= 15 is 0 Å². The van der Waals surface area contributed by atoms with Crippen LogP contribution in [0.15, 0.2) is 78.4 Å². The minimum atomic E-state index is -1.06. The highest BCUT2D eigenvalue weighted by Gasteiger charge is 2.10. The average Bonchev–Trinajstić information content (AvgIpc) is 2.78. The highest BCUT2D eigenvalue weighted by atomic mass is 35.5. The number of benzene rings is 3. The third kappa shape index (κ3) is 5.95. The summed E-state index contributed by atoms with van der Waals surface area (Å²) in [5.41, 5.74) is 1.92. The second-order valence-electron chi connectivity index (χ2n) is 6.46. The quantitative estimate of drug-likeness (QED) is 0.396. The maximum atomic E-state index is 12.4. The molecule has 7 heteroatoms. The Kier molecular flexibility index (Phi) is 7.05. The summed E-state index contributed by atoms with van der Waals surface area (Å²) < 4.78 is 5.72. The molecule has 0 radical (unpaired) electrons. The molecular formula is C24H17ClN2O4.